The second kappa shape index (κ2) is 7.11. The van der Waals surface area contributed by atoms with Crippen LogP contribution in [-0.4, -0.2) is 46.9 Å². The molecule has 1 amide bonds. The molecule has 1 fully saturated rings. The van der Waals surface area contributed by atoms with Gasteiger partial charge in [-0.25, -0.2) is 4.98 Å². The van der Waals surface area contributed by atoms with E-state index in [2.05, 4.69) is 29.8 Å². The number of amides is 1. The maximum absolute atomic E-state index is 12.6. The van der Waals surface area contributed by atoms with Gasteiger partial charge in [-0.1, -0.05) is 0 Å². The second-order valence-electron chi connectivity index (χ2n) is 6.13. The molecule has 1 aliphatic rings. The molecule has 3 rings (SSSR count). The van der Waals surface area contributed by atoms with Gasteiger partial charge in [-0.05, 0) is 38.8 Å². The molecule has 0 bridgehead atoms. The van der Waals surface area contributed by atoms with E-state index in [4.69, 9.17) is 0 Å². The van der Waals surface area contributed by atoms with Crippen LogP contribution in [0.4, 0.5) is 0 Å². The Morgan fingerprint density at radius 3 is 2.70 bits per heavy atom. The minimum atomic E-state index is 0.148. The van der Waals surface area contributed by atoms with E-state index in [1.165, 1.54) is 26.7 Å². The number of rotatable bonds is 3. The van der Waals surface area contributed by atoms with Crippen LogP contribution in [0.15, 0.2) is 11.6 Å². The number of carbonyl (C=O) groups excluding carboxylic acids is 1. The molecule has 6 heteroatoms. The van der Waals surface area contributed by atoms with Crippen molar-refractivity contribution in [3.05, 3.63) is 37.5 Å². The normalized spacial score (nSPS) is 16.6. The zero-order valence-electron chi connectivity index (χ0n) is 14.0. The SMILES string of the molecule is Cc1cc(CN2CCCN(C(=O)c3scnc3C)CC2)c(C)s1. The molecule has 0 saturated carbocycles. The van der Waals surface area contributed by atoms with Crippen molar-refractivity contribution in [3.63, 3.8) is 0 Å². The molecule has 0 aromatic carbocycles. The molecule has 3 heterocycles. The average Bonchev–Trinajstić information content (AvgIpc) is 2.97. The van der Waals surface area contributed by atoms with Gasteiger partial charge in [0.15, 0.2) is 0 Å². The van der Waals surface area contributed by atoms with Crippen LogP contribution < -0.4 is 0 Å². The molecule has 1 saturated heterocycles. The second-order valence-corrected chi connectivity index (χ2v) is 8.44. The van der Waals surface area contributed by atoms with Crippen LogP contribution in [0.2, 0.25) is 0 Å². The maximum atomic E-state index is 12.6. The first kappa shape index (κ1) is 16.6. The summed E-state index contributed by atoms with van der Waals surface area (Å²) in [6, 6.07) is 2.30. The third-order valence-electron chi connectivity index (χ3n) is 4.35. The first-order valence-corrected chi connectivity index (χ1v) is 9.72. The predicted molar refractivity (Wildman–Crippen MR) is 96.4 cm³/mol. The van der Waals surface area contributed by atoms with Crippen LogP contribution in [0.3, 0.4) is 0 Å². The summed E-state index contributed by atoms with van der Waals surface area (Å²) >= 11 is 3.32. The van der Waals surface area contributed by atoms with Crippen molar-refractivity contribution in [2.75, 3.05) is 26.2 Å². The van der Waals surface area contributed by atoms with E-state index in [1.54, 1.807) is 5.51 Å². The Hall–Kier alpha value is -1.24. The van der Waals surface area contributed by atoms with Gasteiger partial charge in [0.25, 0.3) is 5.91 Å². The summed E-state index contributed by atoms with van der Waals surface area (Å²) in [6.07, 6.45) is 1.03. The fourth-order valence-electron chi connectivity index (χ4n) is 3.06. The molecule has 0 N–H and O–H groups in total. The summed E-state index contributed by atoms with van der Waals surface area (Å²) in [7, 11) is 0. The Bertz CT molecular complexity index is 692. The number of hydrogen-bond acceptors (Lipinski definition) is 5. The van der Waals surface area contributed by atoms with E-state index in [9.17, 15) is 4.79 Å². The Morgan fingerprint density at radius 2 is 2.04 bits per heavy atom. The first-order valence-electron chi connectivity index (χ1n) is 8.02. The highest BCUT2D eigenvalue weighted by Crippen LogP contribution is 2.23. The number of aryl methyl sites for hydroxylation is 3. The van der Waals surface area contributed by atoms with Crippen molar-refractivity contribution in [2.24, 2.45) is 0 Å². The van der Waals surface area contributed by atoms with Crippen molar-refractivity contribution in [2.45, 2.75) is 33.7 Å². The number of nitrogens with zero attached hydrogens (tertiary/aromatic N) is 3. The predicted octanol–water partition coefficient (Wildman–Crippen LogP) is 3.48. The van der Waals surface area contributed by atoms with Gasteiger partial charge >= 0.3 is 0 Å². The van der Waals surface area contributed by atoms with Gasteiger partial charge in [-0.2, -0.15) is 0 Å². The molecule has 0 atom stereocenters. The van der Waals surface area contributed by atoms with Gasteiger partial charge in [0.05, 0.1) is 11.2 Å². The molecule has 2 aromatic heterocycles. The highest BCUT2D eigenvalue weighted by atomic mass is 32.1. The van der Waals surface area contributed by atoms with Crippen molar-refractivity contribution < 1.29 is 4.79 Å². The lowest BCUT2D eigenvalue weighted by atomic mass is 10.2. The van der Waals surface area contributed by atoms with Crippen LogP contribution in [0, 0.1) is 20.8 Å². The zero-order valence-corrected chi connectivity index (χ0v) is 15.6. The fourth-order valence-corrected chi connectivity index (χ4v) is 4.77. The van der Waals surface area contributed by atoms with Gasteiger partial charge in [0.1, 0.15) is 4.88 Å². The van der Waals surface area contributed by atoms with E-state index < -0.39 is 0 Å². The summed E-state index contributed by atoms with van der Waals surface area (Å²) in [5.41, 5.74) is 4.05. The molecule has 1 aliphatic heterocycles. The summed E-state index contributed by atoms with van der Waals surface area (Å²) in [5.74, 6) is 0.148. The van der Waals surface area contributed by atoms with Crippen molar-refractivity contribution in [1.29, 1.82) is 0 Å². The van der Waals surface area contributed by atoms with Crippen LogP contribution in [0.1, 0.15) is 37.1 Å². The first-order chi connectivity index (χ1) is 11.0. The van der Waals surface area contributed by atoms with Crippen LogP contribution in [0.5, 0.6) is 0 Å². The van der Waals surface area contributed by atoms with E-state index in [0.717, 1.165) is 49.7 Å². The molecule has 0 aliphatic carbocycles. The molecule has 2 aromatic rings. The van der Waals surface area contributed by atoms with Crippen molar-refractivity contribution in [1.82, 2.24) is 14.8 Å². The van der Waals surface area contributed by atoms with Crippen LogP contribution in [-0.2, 0) is 6.54 Å². The highest BCUT2D eigenvalue weighted by Gasteiger charge is 2.23. The average molecular weight is 350 g/mol. The number of hydrogen-bond donors (Lipinski definition) is 0. The topological polar surface area (TPSA) is 36.4 Å². The van der Waals surface area contributed by atoms with Gasteiger partial charge in [0.2, 0.25) is 0 Å². The molecule has 0 radical (unpaired) electrons. The molecule has 124 valence electrons. The van der Waals surface area contributed by atoms with E-state index in [0.29, 0.717) is 0 Å². The summed E-state index contributed by atoms with van der Waals surface area (Å²) in [6.45, 7) is 10.9. The van der Waals surface area contributed by atoms with E-state index in [1.807, 2.05) is 23.2 Å². The molecule has 0 spiro atoms. The fraction of sp³-hybridized carbons (Fsp3) is 0.529. The molecule has 0 unspecified atom stereocenters. The Kier molecular flexibility index (Phi) is 5.14. The minimum absolute atomic E-state index is 0.148. The lowest BCUT2D eigenvalue weighted by Gasteiger charge is -2.21. The Morgan fingerprint density at radius 1 is 1.22 bits per heavy atom. The van der Waals surface area contributed by atoms with Crippen LogP contribution in [0.25, 0.3) is 0 Å². The van der Waals surface area contributed by atoms with Gasteiger partial charge in [-0.3, -0.25) is 9.69 Å². The summed E-state index contributed by atoms with van der Waals surface area (Å²) in [5, 5.41) is 0. The highest BCUT2D eigenvalue weighted by molar-refractivity contribution is 7.12. The number of thiophene rings is 1. The third-order valence-corrected chi connectivity index (χ3v) is 6.28. The van der Waals surface area contributed by atoms with Gasteiger partial charge in [-0.15, -0.1) is 22.7 Å². The monoisotopic (exact) mass is 349 g/mol. The lowest BCUT2D eigenvalue weighted by molar-refractivity contribution is 0.0765. The number of aromatic nitrogens is 1. The summed E-state index contributed by atoms with van der Waals surface area (Å²) < 4.78 is 0. The van der Waals surface area contributed by atoms with Crippen LogP contribution >= 0.6 is 22.7 Å². The van der Waals surface area contributed by atoms with Crippen molar-refractivity contribution in [3.8, 4) is 0 Å². The lowest BCUT2D eigenvalue weighted by Crippen LogP contribution is -2.35. The van der Waals surface area contributed by atoms with E-state index >= 15 is 0 Å². The number of carbonyl (C=O) groups is 1. The largest absolute Gasteiger partial charge is 0.337 e. The third kappa shape index (κ3) is 3.82. The smallest absolute Gasteiger partial charge is 0.265 e. The molecular weight excluding hydrogens is 326 g/mol. The quantitative estimate of drug-likeness (QED) is 0.851. The molecule has 23 heavy (non-hydrogen) atoms. The maximum Gasteiger partial charge on any atom is 0.265 e. The Balaban J connectivity index is 1.62. The minimum Gasteiger partial charge on any atom is -0.337 e. The van der Waals surface area contributed by atoms with Crippen molar-refractivity contribution >= 4 is 28.6 Å². The van der Waals surface area contributed by atoms with Gasteiger partial charge < -0.3 is 4.90 Å². The molecule has 4 nitrogen and oxygen atoms in total. The standard InChI is InChI=1S/C17H23N3OS2/c1-12-9-15(14(3)23-12)10-19-5-4-6-20(8-7-19)17(21)16-13(2)18-11-22-16/h9,11H,4-8,10H2,1-3H3. The summed E-state index contributed by atoms with van der Waals surface area (Å²) in [4.78, 5) is 24.9. The zero-order chi connectivity index (χ0) is 16.4. The molecular formula is C17H23N3OS2. The Labute approximate surface area is 145 Å². The van der Waals surface area contributed by atoms with Gasteiger partial charge in [0, 0.05) is 42.5 Å². The van der Waals surface area contributed by atoms with E-state index in [-0.39, 0.29) is 5.91 Å². The number of thiazole rings is 1.